The minimum absolute atomic E-state index is 0.00406. The van der Waals surface area contributed by atoms with Gasteiger partial charge >= 0.3 is 6.18 Å². The molecule has 5 heteroatoms. The summed E-state index contributed by atoms with van der Waals surface area (Å²) in [6.07, 6.45) is -4.32. The van der Waals surface area contributed by atoms with E-state index in [9.17, 15) is 18.3 Å². The van der Waals surface area contributed by atoms with Gasteiger partial charge < -0.3 is 9.84 Å². The third kappa shape index (κ3) is 2.24. The smallest absolute Gasteiger partial charge is 0.417 e. The van der Waals surface area contributed by atoms with Gasteiger partial charge in [-0.3, -0.25) is 0 Å². The van der Waals surface area contributed by atoms with Crippen LogP contribution >= 0.6 is 0 Å². The van der Waals surface area contributed by atoms with E-state index in [-0.39, 0.29) is 31.6 Å². The first kappa shape index (κ1) is 12.2. The number of hydrogen-bond acceptors (Lipinski definition) is 2. The quantitative estimate of drug-likeness (QED) is 0.888. The van der Waals surface area contributed by atoms with E-state index in [1.807, 2.05) is 0 Å². The molecule has 1 heterocycles. The average molecular weight is 246 g/mol. The van der Waals surface area contributed by atoms with Crippen molar-refractivity contribution in [2.75, 3.05) is 6.61 Å². The number of halogens is 3. The van der Waals surface area contributed by atoms with Crippen molar-refractivity contribution in [2.24, 2.45) is 0 Å². The molecule has 1 aromatic carbocycles. The van der Waals surface area contributed by atoms with Gasteiger partial charge in [0, 0.05) is 6.42 Å². The first-order chi connectivity index (χ1) is 7.95. The number of alkyl halides is 3. The summed E-state index contributed by atoms with van der Waals surface area (Å²) in [5.74, 6) is 0.0316. The Balaban J connectivity index is 2.05. The summed E-state index contributed by atoms with van der Waals surface area (Å²) >= 11 is 0. The zero-order chi connectivity index (χ0) is 12.5. The van der Waals surface area contributed by atoms with Gasteiger partial charge in [-0.2, -0.15) is 13.2 Å². The first-order valence-electron chi connectivity index (χ1n) is 5.42. The highest BCUT2D eigenvalue weighted by Crippen LogP contribution is 2.45. The second kappa shape index (κ2) is 4.22. The van der Waals surface area contributed by atoms with Gasteiger partial charge in [0.15, 0.2) is 5.60 Å². The van der Waals surface area contributed by atoms with Crippen molar-refractivity contribution < 1.29 is 23.0 Å². The van der Waals surface area contributed by atoms with Crippen molar-refractivity contribution in [1.82, 2.24) is 0 Å². The molecule has 1 N–H and O–H groups in total. The lowest BCUT2D eigenvalue weighted by molar-refractivity contribution is -0.327. The molecule has 17 heavy (non-hydrogen) atoms. The van der Waals surface area contributed by atoms with Crippen LogP contribution in [0.4, 0.5) is 13.2 Å². The molecule has 1 fully saturated rings. The molecular weight excluding hydrogens is 233 g/mol. The van der Waals surface area contributed by atoms with Gasteiger partial charge in [0.05, 0.1) is 6.61 Å². The Labute approximate surface area is 97.0 Å². The number of aromatic hydroxyl groups is 1. The monoisotopic (exact) mass is 246 g/mol. The first-order valence-corrected chi connectivity index (χ1v) is 5.42. The number of hydrogen-bond donors (Lipinski definition) is 1. The SMILES string of the molecule is Oc1ccccc1CCC1(C(F)(F)F)CCO1. The Kier molecular flexibility index (Phi) is 3.03. The molecule has 0 amide bonds. The zero-order valence-corrected chi connectivity index (χ0v) is 9.13. The van der Waals surface area contributed by atoms with Crippen LogP contribution in [0.25, 0.3) is 0 Å². The van der Waals surface area contributed by atoms with Gasteiger partial charge in [-0.1, -0.05) is 18.2 Å². The highest BCUT2D eigenvalue weighted by molar-refractivity contribution is 5.32. The van der Waals surface area contributed by atoms with Crippen LogP contribution in [0.3, 0.4) is 0 Å². The summed E-state index contributed by atoms with van der Waals surface area (Å²) < 4.78 is 43.1. The maximum absolute atomic E-state index is 12.8. The van der Waals surface area contributed by atoms with Crippen LogP contribution in [-0.2, 0) is 11.2 Å². The summed E-state index contributed by atoms with van der Waals surface area (Å²) in [5.41, 5.74) is -1.48. The number of para-hydroxylation sites is 1. The zero-order valence-electron chi connectivity index (χ0n) is 9.13. The molecule has 0 radical (unpaired) electrons. The van der Waals surface area contributed by atoms with E-state index in [2.05, 4.69) is 0 Å². The van der Waals surface area contributed by atoms with Crippen molar-refractivity contribution in [2.45, 2.75) is 31.0 Å². The fourth-order valence-electron chi connectivity index (χ4n) is 1.97. The fourth-order valence-corrected chi connectivity index (χ4v) is 1.97. The van der Waals surface area contributed by atoms with E-state index in [0.29, 0.717) is 5.56 Å². The van der Waals surface area contributed by atoms with Crippen LogP contribution in [0.5, 0.6) is 5.75 Å². The molecule has 1 unspecified atom stereocenters. The number of phenolic OH excluding ortho intramolecular Hbond substituents is 1. The molecule has 0 bridgehead atoms. The predicted molar refractivity (Wildman–Crippen MR) is 55.8 cm³/mol. The van der Waals surface area contributed by atoms with Crippen molar-refractivity contribution >= 4 is 0 Å². The number of benzene rings is 1. The van der Waals surface area contributed by atoms with E-state index < -0.39 is 11.8 Å². The molecule has 1 aliphatic heterocycles. The van der Waals surface area contributed by atoms with Gasteiger partial charge in [0.2, 0.25) is 0 Å². The molecule has 94 valence electrons. The average Bonchev–Trinajstić information content (AvgIpc) is 2.16. The van der Waals surface area contributed by atoms with Crippen molar-refractivity contribution in [3.05, 3.63) is 29.8 Å². The van der Waals surface area contributed by atoms with E-state index in [1.54, 1.807) is 18.2 Å². The molecular formula is C12H13F3O2. The molecule has 1 aromatic rings. The van der Waals surface area contributed by atoms with Crippen LogP contribution < -0.4 is 0 Å². The maximum Gasteiger partial charge on any atom is 0.417 e. The Bertz CT molecular complexity index is 397. The molecule has 2 rings (SSSR count). The molecule has 0 aliphatic carbocycles. The summed E-state index contributed by atoms with van der Waals surface area (Å²) in [5, 5.41) is 9.48. The topological polar surface area (TPSA) is 29.5 Å². The van der Waals surface area contributed by atoms with E-state index in [0.717, 1.165) is 0 Å². The van der Waals surface area contributed by atoms with E-state index in [4.69, 9.17) is 4.74 Å². The van der Waals surface area contributed by atoms with Crippen LogP contribution in [-0.4, -0.2) is 23.5 Å². The number of rotatable bonds is 3. The highest BCUT2D eigenvalue weighted by Gasteiger charge is 2.59. The molecule has 0 aromatic heterocycles. The van der Waals surface area contributed by atoms with Crippen LogP contribution in [0.2, 0.25) is 0 Å². The third-order valence-electron chi connectivity index (χ3n) is 3.19. The lowest BCUT2D eigenvalue weighted by atomic mass is 9.87. The molecule has 0 spiro atoms. The standard InChI is InChI=1S/C12H13F3O2/c13-12(14,15)11(7-8-17-11)6-5-9-3-1-2-4-10(9)16/h1-4,16H,5-8H2. The largest absolute Gasteiger partial charge is 0.508 e. The molecule has 1 aliphatic rings. The second-order valence-corrected chi connectivity index (χ2v) is 4.22. The Morgan fingerprint density at radius 2 is 1.94 bits per heavy atom. The molecule has 0 saturated carbocycles. The Hall–Kier alpha value is -1.23. The lowest BCUT2D eigenvalue weighted by Crippen LogP contribution is -2.55. The fraction of sp³-hybridized carbons (Fsp3) is 0.500. The molecule has 1 saturated heterocycles. The summed E-state index contributed by atoms with van der Waals surface area (Å²) in [6.45, 7) is 0.153. The molecule has 1 atom stereocenters. The van der Waals surface area contributed by atoms with E-state index >= 15 is 0 Å². The van der Waals surface area contributed by atoms with Crippen LogP contribution in [0.15, 0.2) is 24.3 Å². The van der Waals surface area contributed by atoms with Gasteiger partial charge in [-0.05, 0) is 24.5 Å². The second-order valence-electron chi connectivity index (χ2n) is 4.22. The van der Waals surface area contributed by atoms with Crippen LogP contribution in [0, 0.1) is 0 Å². The molecule has 2 nitrogen and oxygen atoms in total. The van der Waals surface area contributed by atoms with Gasteiger partial charge in [0.1, 0.15) is 5.75 Å². The minimum atomic E-state index is -4.34. The summed E-state index contributed by atoms with van der Waals surface area (Å²) in [6, 6.07) is 6.42. The van der Waals surface area contributed by atoms with Crippen molar-refractivity contribution in [3.63, 3.8) is 0 Å². The normalized spacial score (nSPS) is 24.4. The van der Waals surface area contributed by atoms with Crippen molar-refractivity contribution in [3.8, 4) is 5.75 Å². The van der Waals surface area contributed by atoms with Gasteiger partial charge in [-0.15, -0.1) is 0 Å². The Morgan fingerprint density at radius 1 is 1.29 bits per heavy atom. The van der Waals surface area contributed by atoms with Gasteiger partial charge in [-0.25, -0.2) is 0 Å². The van der Waals surface area contributed by atoms with E-state index in [1.165, 1.54) is 6.07 Å². The number of aryl methyl sites for hydroxylation is 1. The van der Waals surface area contributed by atoms with Crippen LogP contribution in [0.1, 0.15) is 18.4 Å². The lowest BCUT2D eigenvalue weighted by Gasteiger charge is -2.43. The number of ether oxygens (including phenoxy) is 1. The highest BCUT2D eigenvalue weighted by atomic mass is 19.4. The minimum Gasteiger partial charge on any atom is -0.508 e. The van der Waals surface area contributed by atoms with Gasteiger partial charge in [0.25, 0.3) is 0 Å². The Morgan fingerprint density at radius 3 is 2.41 bits per heavy atom. The van der Waals surface area contributed by atoms with Crippen molar-refractivity contribution in [1.29, 1.82) is 0 Å². The predicted octanol–water partition coefficient (Wildman–Crippen LogP) is 3.05. The third-order valence-corrected chi connectivity index (χ3v) is 3.19. The maximum atomic E-state index is 12.8. The number of phenols is 1. The summed E-state index contributed by atoms with van der Waals surface area (Å²) in [4.78, 5) is 0. The summed E-state index contributed by atoms with van der Waals surface area (Å²) in [7, 11) is 0.